The van der Waals surface area contributed by atoms with E-state index in [1.807, 2.05) is 0 Å². The van der Waals surface area contributed by atoms with Gasteiger partial charge in [0.05, 0.1) is 0 Å². The lowest BCUT2D eigenvalue weighted by molar-refractivity contribution is -0.0698. The van der Waals surface area contributed by atoms with Gasteiger partial charge in [0.2, 0.25) is 0 Å². The van der Waals surface area contributed by atoms with Gasteiger partial charge in [-0.3, -0.25) is 4.74 Å². The van der Waals surface area contributed by atoms with Crippen LogP contribution in [0.4, 0.5) is 17.6 Å². The fourth-order valence-electron chi connectivity index (χ4n) is 0.374. The second-order valence-electron chi connectivity index (χ2n) is 1.71. The summed E-state index contributed by atoms with van der Waals surface area (Å²) in [6, 6.07) is 0. The van der Waals surface area contributed by atoms with Gasteiger partial charge in [0.25, 0.3) is 0 Å². The maximum atomic E-state index is 12.2. The second kappa shape index (κ2) is 1.70. The summed E-state index contributed by atoms with van der Waals surface area (Å²) in [6.45, 7) is 0. The van der Waals surface area contributed by atoms with E-state index in [2.05, 4.69) is 27.9 Å². The summed E-state index contributed by atoms with van der Waals surface area (Å²) in [6.07, 6.45) is 0. The van der Waals surface area contributed by atoms with Gasteiger partial charge >= 0.3 is 16.6 Å². The zero-order chi connectivity index (χ0) is 8.21. The van der Waals surface area contributed by atoms with Crippen LogP contribution < -0.4 is 0 Å². The maximum absolute atomic E-state index is 12.2. The van der Waals surface area contributed by atoms with Gasteiger partial charge in [-0.25, -0.2) is 0 Å². The molecule has 7 heteroatoms. The Kier molecular flexibility index (Phi) is 1.42. The van der Waals surface area contributed by atoms with Crippen LogP contribution in [0.2, 0.25) is 0 Å². The van der Waals surface area contributed by atoms with Gasteiger partial charge in [-0.15, -0.1) is 0 Å². The average molecular weight is 199 g/mol. The molecule has 2 unspecified atom stereocenters. The molecule has 10 heavy (non-hydrogen) atoms. The van der Waals surface area contributed by atoms with Crippen molar-refractivity contribution in [3.05, 3.63) is 0 Å². The summed E-state index contributed by atoms with van der Waals surface area (Å²) in [5, 5.41) is -7.93. The van der Waals surface area contributed by atoms with E-state index in [1.165, 1.54) is 0 Å². The minimum Gasteiger partial charge on any atom is -0.279 e. The van der Waals surface area contributed by atoms with Crippen LogP contribution in [-0.4, -0.2) is 16.6 Å². The Hall–Kier alpha value is 0.260. The topological polar surface area (TPSA) is 12.5 Å². The molecule has 0 amide bonds. The van der Waals surface area contributed by atoms with Gasteiger partial charge in [-0.1, -0.05) is 0 Å². The SMILES string of the molecule is FC(F)(Cl)C1(F)OC1(F)Cl. The molecule has 0 aromatic heterocycles. The summed E-state index contributed by atoms with van der Waals surface area (Å²) in [5.41, 5.74) is 0. The third-order valence-corrected chi connectivity index (χ3v) is 1.53. The van der Waals surface area contributed by atoms with Crippen LogP contribution in [-0.2, 0) is 4.74 Å². The van der Waals surface area contributed by atoms with Crippen molar-refractivity contribution in [2.45, 2.75) is 16.6 Å². The lowest BCUT2D eigenvalue weighted by atomic mass is 10.4. The van der Waals surface area contributed by atoms with Gasteiger partial charge in [0.15, 0.2) is 0 Å². The number of ether oxygens (including phenoxy) is 1. The third kappa shape index (κ3) is 0.879. The average Bonchev–Trinajstić information content (AvgIpc) is 2.05. The highest BCUT2D eigenvalue weighted by Crippen LogP contribution is 2.62. The smallest absolute Gasteiger partial charge is 0.279 e. The van der Waals surface area contributed by atoms with E-state index in [9.17, 15) is 17.6 Å². The maximum Gasteiger partial charge on any atom is 0.387 e. The predicted octanol–water partition coefficient (Wildman–Crippen LogP) is 2.38. The second-order valence-corrected chi connectivity index (χ2v) is 2.67. The summed E-state index contributed by atoms with van der Waals surface area (Å²) >= 11 is 8.50. The minimum absolute atomic E-state index is 3.21. The van der Waals surface area contributed by atoms with Crippen LogP contribution in [0.1, 0.15) is 0 Å². The van der Waals surface area contributed by atoms with Crippen LogP contribution in [0, 0.1) is 0 Å². The zero-order valence-corrected chi connectivity index (χ0v) is 5.69. The quantitative estimate of drug-likeness (QED) is 0.358. The predicted molar refractivity (Wildman–Crippen MR) is 25.4 cm³/mol. The molecule has 1 rings (SSSR count). The van der Waals surface area contributed by atoms with Crippen molar-refractivity contribution < 1.29 is 22.3 Å². The molecule has 0 aromatic rings. The normalized spacial score (nSPS) is 47.4. The molecule has 1 heterocycles. The van der Waals surface area contributed by atoms with E-state index in [0.717, 1.165) is 0 Å². The van der Waals surface area contributed by atoms with Crippen molar-refractivity contribution >= 4 is 23.2 Å². The standard InChI is InChI=1S/C3Cl2F4O/c4-2(7,8)1(6)3(5,9)10-1. The zero-order valence-electron chi connectivity index (χ0n) is 4.18. The summed E-state index contributed by atoms with van der Waals surface area (Å²) < 4.78 is 50.8. The molecule has 1 nitrogen and oxygen atoms in total. The Morgan fingerprint density at radius 1 is 1.30 bits per heavy atom. The Labute approximate surface area is 62.8 Å². The van der Waals surface area contributed by atoms with Crippen LogP contribution in [0.3, 0.4) is 0 Å². The van der Waals surface area contributed by atoms with Gasteiger partial charge < -0.3 is 0 Å². The number of alkyl halides is 6. The summed E-state index contributed by atoms with van der Waals surface area (Å²) in [4.78, 5) is 0. The van der Waals surface area contributed by atoms with Crippen molar-refractivity contribution in [2.75, 3.05) is 0 Å². The molecule has 0 N–H and O–H groups in total. The van der Waals surface area contributed by atoms with Gasteiger partial charge in [-0.05, 0) is 23.2 Å². The van der Waals surface area contributed by atoms with E-state index < -0.39 is 16.6 Å². The number of hydrogen-bond acceptors (Lipinski definition) is 1. The van der Waals surface area contributed by atoms with Gasteiger partial charge in [-0.2, -0.15) is 17.6 Å². The lowest BCUT2D eigenvalue weighted by Crippen LogP contribution is -2.31. The molecule has 60 valence electrons. The molecule has 0 saturated carbocycles. The first-order valence-electron chi connectivity index (χ1n) is 2.04. The van der Waals surface area contributed by atoms with E-state index >= 15 is 0 Å². The molecule has 0 spiro atoms. The molecular formula is C3Cl2F4O. The van der Waals surface area contributed by atoms with E-state index in [4.69, 9.17) is 0 Å². The Bertz CT molecular complexity index is 166. The van der Waals surface area contributed by atoms with E-state index in [1.54, 1.807) is 0 Å². The van der Waals surface area contributed by atoms with Gasteiger partial charge in [0, 0.05) is 0 Å². The molecule has 1 saturated heterocycles. The fourth-order valence-corrected chi connectivity index (χ4v) is 0.807. The van der Waals surface area contributed by atoms with Crippen LogP contribution >= 0.6 is 23.2 Å². The lowest BCUT2D eigenvalue weighted by Gasteiger charge is -2.07. The van der Waals surface area contributed by atoms with E-state index in [-0.39, 0.29) is 0 Å². The highest BCUT2D eigenvalue weighted by Gasteiger charge is 2.86. The number of epoxide rings is 1. The Balaban J connectivity index is 2.78. The van der Waals surface area contributed by atoms with Crippen LogP contribution in [0.25, 0.3) is 0 Å². The molecule has 2 atom stereocenters. The molecule has 0 radical (unpaired) electrons. The van der Waals surface area contributed by atoms with Crippen molar-refractivity contribution in [1.82, 2.24) is 0 Å². The third-order valence-electron chi connectivity index (χ3n) is 0.966. The van der Waals surface area contributed by atoms with Crippen molar-refractivity contribution in [2.24, 2.45) is 0 Å². The van der Waals surface area contributed by atoms with Crippen molar-refractivity contribution in [3.8, 4) is 0 Å². The molecular weight excluding hydrogens is 199 g/mol. The molecule has 0 bridgehead atoms. The van der Waals surface area contributed by atoms with Crippen molar-refractivity contribution in [1.29, 1.82) is 0 Å². The largest absolute Gasteiger partial charge is 0.387 e. The monoisotopic (exact) mass is 198 g/mol. The first-order chi connectivity index (χ1) is 4.21. The highest BCUT2D eigenvalue weighted by atomic mass is 35.5. The Morgan fingerprint density at radius 2 is 1.60 bits per heavy atom. The number of hydrogen-bond donors (Lipinski definition) is 0. The molecule has 1 aliphatic heterocycles. The first kappa shape index (κ1) is 8.36. The number of halogens is 6. The first-order valence-corrected chi connectivity index (χ1v) is 2.80. The molecule has 1 aliphatic rings. The Morgan fingerprint density at radius 3 is 1.60 bits per heavy atom. The van der Waals surface area contributed by atoms with E-state index in [0.29, 0.717) is 0 Å². The summed E-state index contributed by atoms with van der Waals surface area (Å²) in [5.74, 6) is -3.89. The molecule has 0 aliphatic carbocycles. The minimum atomic E-state index is -4.44. The molecule has 1 fully saturated rings. The van der Waals surface area contributed by atoms with Gasteiger partial charge in [0.1, 0.15) is 0 Å². The van der Waals surface area contributed by atoms with Crippen LogP contribution in [0.5, 0.6) is 0 Å². The number of rotatable bonds is 1. The fraction of sp³-hybridized carbons (Fsp3) is 1.00. The van der Waals surface area contributed by atoms with Crippen LogP contribution in [0.15, 0.2) is 0 Å². The highest BCUT2D eigenvalue weighted by molar-refractivity contribution is 6.28. The van der Waals surface area contributed by atoms with Crippen molar-refractivity contribution in [3.63, 3.8) is 0 Å². The summed E-state index contributed by atoms with van der Waals surface area (Å²) in [7, 11) is 0. The molecule has 0 aromatic carbocycles.